The molecule has 2 aromatic heterocycles. The number of hydrogen-bond donors (Lipinski definition) is 1. The third-order valence-electron chi connectivity index (χ3n) is 5.35. The number of amides is 2. The number of tetrazole rings is 1. The lowest BCUT2D eigenvalue weighted by atomic mass is 10.1. The van der Waals surface area contributed by atoms with Gasteiger partial charge in [0.05, 0.1) is 15.5 Å². The molecule has 13 heteroatoms. The molecule has 0 aliphatic rings. The van der Waals surface area contributed by atoms with Crippen LogP contribution < -0.4 is 10.2 Å². The van der Waals surface area contributed by atoms with Gasteiger partial charge < -0.3 is 5.32 Å². The van der Waals surface area contributed by atoms with E-state index >= 15 is 0 Å². The average molecular weight is 549 g/mol. The number of carbonyl (C=O) groups excluding carboxylic acids is 2. The minimum absolute atomic E-state index is 0.150. The highest BCUT2D eigenvalue weighted by atomic mass is 35.5. The summed E-state index contributed by atoms with van der Waals surface area (Å²) in [5.41, 5.74) is -0.456. The topological polar surface area (TPSA) is 93.0 Å². The van der Waals surface area contributed by atoms with Gasteiger partial charge in [0.1, 0.15) is 12.6 Å². The number of hydrogen-bond acceptors (Lipinski definition) is 6. The summed E-state index contributed by atoms with van der Waals surface area (Å²) < 4.78 is 40.6. The summed E-state index contributed by atoms with van der Waals surface area (Å²) in [6.07, 6.45) is -4.76. The predicted molar refractivity (Wildman–Crippen MR) is 133 cm³/mol. The molecule has 0 aliphatic carbocycles. The van der Waals surface area contributed by atoms with Crippen molar-refractivity contribution in [2.45, 2.75) is 32.2 Å². The van der Waals surface area contributed by atoms with Gasteiger partial charge in [-0.05, 0) is 47.3 Å². The smallest absolute Gasteiger partial charge is 0.350 e. The van der Waals surface area contributed by atoms with Crippen molar-refractivity contribution >= 4 is 40.4 Å². The summed E-state index contributed by atoms with van der Waals surface area (Å²) in [6.45, 7) is 1.14. The number of carbonyl (C=O) groups is 2. The lowest BCUT2D eigenvalue weighted by Crippen LogP contribution is -2.49. The molecule has 4 aromatic rings. The molecule has 1 atom stereocenters. The molecule has 0 saturated heterocycles. The van der Waals surface area contributed by atoms with Crippen LogP contribution in [0, 0.1) is 0 Å². The van der Waals surface area contributed by atoms with Crippen LogP contribution in [0.15, 0.2) is 66.0 Å². The lowest BCUT2D eigenvalue weighted by Gasteiger charge is -2.29. The number of thiophene rings is 1. The maximum atomic E-state index is 13.5. The maximum Gasteiger partial charge on any atom is 0.417 e. The molecule has 0 spiro atoms. The molecule has 8 nitrogen and oxygen atoms in total. The molecular weight excluding hydrogens is 529 g/mol. The van der Waals surface area contributed by atoms with Crippen molar-refractivity contribution in [3.05, 3.63) is 82.2 Å². The fraction of sp³-hybridized carbons (Fsp3) is 0.208. The van der Waals surface area contributed by atoms with Crippen LogP contribution in [0.5, 0.6) is 0 Å². The summed E-state index contributed by atoms with van der Waals surface area (Å²) in [5.74, 6) is -0.978. The van der Waals surface area contributed by atoms with Gasteiger partial charge in [0.25, 0.3) is 5.91 Å². The first-order valence-corrected chi connectivity index (χ1v) is 12.2. The van der Waals surface area contributed by atoms with Gasteiger partial charge in [-0.25, -0.2) is 0 Å². The van der Waals surface area contributed by atoms with Crippen LogP contribution in [0.4, 0.5) is 18.9 Å². The molecule has 2 aromatic carbocycles. The zero-order valence-corrected chi connectivity index (χ0v) is 20.9. The van der Waals surface area contributed by atoms with E-state index in [4.69, 9.17) is 11.6 Å². The molecule has 4 rings (SSSR count). The lowest BCUT2D eigenvalue weighted by molar-refractivity contribution is -0.137. The number of anilines is 1. The SMILES string of the molecule is CC(C(=O)NCc1ccccc1)N(C(=O)Cn1nnc(-c2cccs2)n1)c1ccc(Cl)c(C(F)(F)F)c1. The van der Waals surface area contributed by atoms with E-state index in [0.29, 0.717) is 5.82 Å². The first kappa shape index (κ1) is 26.3. The normalized spacial score (nSPS) is 12.2. The summed E-state index contributed by atoms with van der Waals surface area (Å²) in [7, 11) is 0. The maximum absolute atomic E-state index is 13.5. The van der Waals surface area contributed by atoms with Gasteiger partial charge in [-0.1, -0.05) is 48.0 Å². The second-order valence-electron chi connectivity index (χ2n) is 7.93. The van der Waals surface area contributed by atoms with E-state index < -0.39 is 41.2 Å². The van der Waals surface area contributed by atoms with Gasteiger partial charge >= 0.3 is 6.18 Å². The van der Waals surface area contributed by atoms with E-state index in [9.17, 15) is 22.8 Å². The zero-order valence-electron chi connectivity index (χ0n) is 19.3. The Bertz CT molecular complexity index is 1380. The number of alkyl halides is 3. The molecule has 192 valence electrons. The highest BCUT2D eigenvalue weighted by molar-refractivity contribution is 7.13. The minimum Gasteiger partial charge on any atom is -0.350 e. The molecule has 0 aliphatic heterocycles. The van der Waals surface area contributed by atoms with E-state index in [0.717, 1.165) is 32.3 Å². The van der Waals surface area contributed by atoms with E-state index in [2.05, 4.69) is 20.7 Å². The van der Waals surface area contributed by atoms with Crippen LogP contribution >= 0.6 is 22.9 Å². The summed E-state index contributed by atoms with van der Waals surface area (Å²) in [4.78, 5) is 29.1. The molecule has 1 N–H and O–H groups in total. The van der Waals surface area contributed by atoms with Gasteiger partial charge in [-0.3, -0.25) is 14.5 Å². The van der Waals surface area contributed by atoms with Crippen LogP contribution in [0.3, 0.4) is 0 Å². The number of nitrogens with one attached hydrogen (secondary N) is 1. The van der Waals surface area contributed by atoms with Gasteiger partial charge in [-0.15, -0.1) is 21.5 Å². The molecule has 0 radical (unpaired) electrons. The Hall–Kier alpha value is -3.77. The van der Waals surface area contributed by atoms with Crippen molar-refractivity contribution in [1.29, 1.82) is 0 Å². The third kappa shape index (κ3) is 6.33. The largest absolute Gasteiger partial charge is 0.417 e. The Labute approximate surface area is 218 Å². The predicted octanol–water partition coefficient (Wildman–Crippen LogP) is 4.81. The number of aromatic nitrogens is 4. The van der Waals surface area contributed by atoms with E-state index in [1.807, 2.05) is 41.8 Å². The fourth-order valence-electron chi connectivity index (χ4n) is 3.53. The van der Waals surface area contributed by atoms with Gasteiger partial charge in [0.2, 0.25) is 11.7 Å². The van der Waals surface area contributed by atoms with Gasteiger partial charge in [-0.2, -0.15) is 18.0 Å². The van der Waals surface area contributed by atoms with Crippen LogP contribution in [-0.4, -0.2) is 38.1 Å². The molecule has 37 heavy (non-hydrogen) atoms. The number of benzene rings is 2. The van der Waals surface area contributed by atoms with Gasteiger partial charge in [0, 0.05) is 12.2 Å². The molecule has 0 saturated carbocycles. The Morgan fingerprint density at radius 1 is 1.14 bits per heavy atom. The van der Waals surface area contributed by atoms with Crippen LogP contribution in [0.25, 0.3) is 10.7 Å². The average Bonchev–Trinajstić information content (AvgIpc) is 3.56. The van der Waals surface area contributed by atoms with Crippen LogP contribution in [0.2, 0.25) is 5.02 Å². The van der Waals surface area contributed by atoms with Crippen molar-refractivity contribution in [2.75, 3.05) is 4.90 Å². The van der Waals surface area contributed by atoms with Crippen LogP contribution in [-0.2, 0) is 28.9 Å². The van der Waals surface area contributed by atoms with Crippen molar-refractivity contribution in [3.63, 3.8) is 0 Å². The van der Waals surface area contributed by atoms with Crippen molar-refractivity contribution in [1.82, 2.24) is 25.5 Å². The molecule has 1 unspecified atom stereocenters. The molecular formula is C24H20ClF3N6O2S. The summed E-state index contributed by atoms with van der Waals surface area (Å²) >= 11 is 7.16. The summed E-state index contributed by atoms with van der Waals surface area (Å²) in [5, 5.41) is 16.0. The quantitative estimate of drug-likeness (QED) is 0.341. The first-order valence-electron chi connectivity index (χ1n) is 11.0. The molecule has 2 heterocycles. The second-order valence-corrected chi connectivity index (χ2v) is 9.28. The van der Waals surface area contributed by atoms with E-state index in [-0.39, 0.29) is 12.2 Å². The fourth-order valence-corrected chi connectivity index (χ4v) is 4.40. The standard InChI is InChI=1S/C24H20ClF3N6O2S/c1-15(23(36)29-13-16-6-3-2-4-7-16)34(17-9-10-19(25)18(12-17)24(26,27)28)21(35)14-33-31-22(30-32-33)20-8-5-11-37-20/h2-12,15H,13-14H2,1H3,(H,29,36). The Balaban J connectivity index is 1.61. The molecule has 2 amide bonds. The number of nitrogens with zero attached hydrogens (tertiary/aromatic N) is 5. The van der Waals surface area contributed by atoms with E-state index in [1.54, 1.807) is 6.07 Å². The van der Waals surface area contributed by atoms with Gasteiger partial charge in [0.15, 0.2) is 0 Å². The first-order chi connectivity index (χ1) is 17.6. The van der Waals surface area contributed by atoms with Crippen molar-refractivity contribution in [3.8, 4) is 10.7 Å². The summed E-state index contributed by atoms with van der Waals surface area (Å²) in [6, 6.07) is 14.5. The monoisotopic (exact) mass is 548 g/mol. The highest BCUT2D eigenvalue weighted by Crippen LogP contribution is 2.37. The van der Waals surface area contributed by atoms with Crippen molar-refractivity contribution in [2.24, 2.45) is 0 Å². The number of halogens is 4. The Kier molecular flexibility index (Phi) is 7.89. The van der Waals surface area contributed by atoms with E-state index in [1.165, 1.54) is 24.3 Å². The third-order valence-corrected chi connectivity index (χ3v) is 6.54. The van der Waals surface area contributed by atoms with Crippen LogP contribution in [0.1, 0.15) is 18.1 Å². The highest BCUT2D eigenvalue weighted by Gasteiger charge is 2.35. The Morgan fingerprint density at radius 3 is 2.57 bits per heavy atom. The van der Waals surface area contributed by atoms with Crippen molar-refractivity contribution < 1.29 is 22.8 Å². The number of rotatable bonds is 8. The Morgan fingerprint density at radius 2 is 1.89 bits per heavy atom. The minimum atomic E-state index is -4.76. The molecule has 0 fully saturated rings. The zero-order chi connectivity index (χ0) is 26.6. The second kappa shape index (κ2) is 11.1. The molecule has 0 bridgehead atoms.